The van der Waals surface area contributed by atoms with E-state index >= 15 is 0 Å². The van der Waals surface area contributed by atoms with Crippen molar-refractivity contribution >= 4 is 45.3 Å². The normalized spacial score (nSPS) is 12.2. The summed E-state index contributed by atoms with van der Waals surface area (Å²) in [5.41, 5.74) is 2.57. The SMILES string of the molecule is O=S([O-])Nc1csc(CCCn2cnc3c(NCc4ccccc4)nc(F)nc32)c1. The molecular weight excluding hydrogens is 427 g/mol. The fourth-order valence-electron chi connectivity index (χ4n) is 3.07. The molecule has 30 heavy (non-hydrogen) atoms. The van der Waals surface area contributed by atoms with Crippen molar-refractivity contribution in [3.05, 3.63) is 64.6 Å². The van der Waals surface area contributed by atoms with Crippen molar-refractivity contribution in [3.63, 3.8) is 0 Å². The van der Waals surface area contributed by atoms with Crippen molar-refractivity contribution in [2.24, 2.45) is 0 Å². The third kappa shape index (κ3) is 4.99. The van der Waals surface area contributed by atoms with Crippen molar-refractivity contribution in [2.75, 3.05) is 10.0 Å². The van der Waals surface area contributed by atoms with E-state index in [1.807, 2.05) is 30.3 Å². The monoisotopic (exact) mass is 445 g/mol. The Balaban J connectivity index is 1.43. The zero-order valence-electron chi connectivity index (χ0n) is 15.7. The molecule has 1 aromatic carbocycles. The van der Waals surface area contributed by atoms with Crippen LogP contribution in [0.15, 0.2) is 48.1 Å². The molecule has 3 aromatic heterocycles. The van der Waals surface area contributed by atoms with E-state index < -0.39 is 17.3 Å². The standard InChI is InChI=1S/C19H19FN6O2S2/c20-19-23-17(21-10-13-5-2-1-3-6-13)16-18(24-19)26(12-22-16)8-4-7-15-9-14(11-29-15)25-30(27)28/h1-3,5-6,9,11-12,25H,4,7-8,10H2,(H,27,28)(H,21,23,24)/p-1. The van der Waals surface area contributed by atoms with Gasteiger partial charge in [-0.15, -0.1) is 11.3 Å². The number of hydrogen-bond acceptors (Lipinski definition) is 7. The molecule has 3 heterocycles. The molecular formula is C19H18FN6O2S2-. The van der Waals surface area contributed by atoms with Gasteiger partial charge in [0.05, 0.1) is 12.0 Å². The first-order valence-electron chi connectivity index (χ1n) is 9.18. The lowest BCUT2D eigenvalue weighted by atomic mass is 10.2. The van der Waals surface area contributed by atoms with Gasteiger partial charge in [-0.25, -0.2) is 4.98 Å². The van der Waals surface area contributed by atoms with Crippen LogP contribution in [0.3, 0.4) is 0 Å². The minimum Gasteiger partial charge on any atom is -0.755 e. The minimum absolute atomic E-state index is 0.361. The van der Waals surface area contributed by atoms with Crippen LogP contribution in [-0.4, -0.2) is 28.3 Å². The van der Waals surface area contributed by atoms with Crippen LogP contribution >= 0.6 is 11.3 Å². The molecule has 0 fully saturated rings. The number of benzene rings is 1. The van der Waals surface area contributed by atoms with Gasteiger partial charge in [-0.3, -0.25) is 4.21 Å². The lowest BCUT2D eigenvalue weighted by Gasteiger charge is -2.07. The molecule has 4 aromatic rings. The van der Waals surface area contributed by atoms with Crippen LogP contribution < -0.4 is 10.0 Å². The van der Waals surface area contributed by atoms with E-state index in [0.29, 0.717) is 35.8 Å². The van der Waals surface area contributed by atoms with Gasteiger partial charge in [0.1, 0.15) is 0 Å². The maximum absolute atomic E-state index is 14.0. The van der Waals surface area contributed by atoms with E-state index in [9.17, 15) is 13.2 Å². The number of nitrogens with zero attached hydrogens (tertiary/aromatic N) is 4. The molecule has 0 aliphatic heterocycles. The molecule has 11 heteroatoms. The summed E-state index contributed by atoms with van der Waals surface area (Å²) in [6.45, 7) is 1.10. The average molecular weight is 446 g/mol. The second kappa shape index (κ2) is 9.28. The second-order valence-electron chi connectivity index (χ2n) is 6.53. The number of anilines is 2. The second-order valence-corrected chi connectivity index (χ2v) is 8.20. The Morgan fingerprint density at radius 3 is 2.87 bits per heavy atom. The lowest BCUT2D eigenvalue weighted by Crippen LogP contribution is -2.06. The van der Waals surface area contributed by atoms with E-state index in [0.717, 1.165) is 23.3 Å². The Morgan fingerprint density at radius 1 is 1.23 bits per heavy atom. The average Bonchev–Trinajstić information content (AvgIpc) is 3.33. The van der Waals surface area contributed by atoms with E-state index in [4.69, 9.17) is 0 Å². The summed E-state index contributed by atoms with van der Waals surface area (Å²) in [6, 6.07) is 11.6. The van der Waals surface area contributed by atoms with Gasteiger partial charge in [0.25, 0.3) is 0 Å². The Kier molecular flexibility index (Phi) is 6.31. The zero-order chi connectivity index (χ0) is 20.9. The fourth-order valence-corrected chi connectivity index (χ4v) is 4.32. The number of halogens is 1. The Labute approximate surface area is 178 Å². The highest BCUT2D eigenvalue weighted by atomic mass is 32.2. The number of aromatic nitrogens is 4. The number of fused-ring (bicyclic) bond motifs is 1. The molecule has 0 amide bonds. The van der Waals surface area contributed by atoms with Crippen molar-refractivity contribution in [1.82, 2.24) is 19.5 Å². The molecule has 0 saturated carbocycles. The largest absolute Gasteiger partial charge is 0.755 e. The molecule has 1 atom stereocenters. The minimum atomic E-state index is -2.33. The summed E-state index contributed by atoms with van der Waals surface area (Å²) in [5, 5.41) is 4.89. The Hall–Kier alpha value is -2.89. The molecule has 4 rings (SSSR count). The van der Waals surface area contributed by atoms with Gasteiger partial charge < -0.3 is 19.2 Å². The number of nitrogens with one attached hydrogen (secondary N) is 2. The number of aryl methyl sites for hydroxylation is 2. The third-order valence-corrected chi connectivity index (χ3v) is 5.82. The quantitative estimate of drug-likeness (QED) is 0.302. The van der Waals surface area contributed by atoms with Crippen LogP contribution in [0.5, 0.6) is 0 Å². The van der Waals surface area contributed by atoms with Gasteiger partial charge in [0, 0.05) is 34.6 Å². The highest BCUT2D eigenvalue weighted by Gasteiger charge is 2.13. The van der Waals surface area contributed by atoms with E-state index in [1.54, 1.807) is 22.3 Å². The fraction of sp³-hybridized carbons (Fsp3) is 0.211. The van der Waals surface area contributed by atoms with Gasteiger partial charge in [-0.2, -0.15) is 14.4 Å². The molecule has 0 bridgehead atoms. The van der Waals surface area contributed by atoms with Gasteiger partial charge in [-0.1, -0.05) is 30.3 Å². The van der Waals surface area contributed by atoms with Crippen molar-refractivity contribution < 1.29 is 13.2 Å². The Bertz CT molecular complexity index is 1160. The summed E-state index contributed by atoms with van der Waals surface area (Å²) in [4.78, 5) is 13.2. The van der Waals surface area contributed by atoms with Crippen LogP contribution in [0.25, 0.3) is 11.2 Å². The summed E-state index contributed by atoms with van der Waals surface area (Å²) < 4.78 is 39.5. The number of hydrogen-bond donors (Lipinski definition) is 2. The zero-order valence-corrected chi connectivity index (χ0v) is 17.4. The van der Waals surface area contributed by atoms with Crippen molar-refractivity contribution in [1.29, 1.82) is 0 Å². The molecule has 0 aliphatic carbocycles. The van der Waals surface area contributed by atoms with Gasteiger partial charge >= 0.3 is 6.08 Å². The first-order valence-corrected chi connectivity index (χ1v) is 11.1. The molecule has 2 N–H and O–H groups in total. The maximum Gasteiger partial charge on any atom is 0.312 e. The van der Waals surface area contributed by atoms with E-state index in [-0.39, 0.29) is 0 Å². The predicted octanol–water partition coefficient (Wildman–Crippen LogP) is 3.48. The predicted molar refractivity (Wildman–Crippen MR) is 114 cm³/mol. The van der Waals surface area contributed by atoms with Gasteiger partial charge in [-0.05, 0) is 24.5 Å². The summed E-state index contributed by atoms with van der Waals surface area (Å²) in [5.74, 6) is 0.361. The van der Waals surface area contributed by atoms with Crippen molar-refractivity contribution in [3.8, 4) is 0 Å². The smallest absolute Gasteiger partial charge is 0.312 e. The van der Waals surface area contributed by atoms with E-state index in [2.05, 4.69) is 25.0 Å². The van der Waals surface area contributed by atoms with Crippen LogP contribution in [0.4, 0.5) is 15.9 Å². The third-order valence-electron chi connectivity index (χ3n) is 4.42. The number of rotatable bonds is 9. The number of thiophene rings is 1. The van der Waals surface area contributed by atoms with E-state index in [1.165, 1.54) is 11.3 Å². The molecule has 8 nitrogen and oxygen atoms in total. The molecule has 0 saturated heterocycles. The Morgan fingerprint density at radius 2 is 2.07 bits per heavy atom. The number of imidazole rings is 1. The van der Waals surface area contributed by atoms with Gasteiger partial charge in [0.2, 0.25) is 0 Å². The molecule has 0 spiro atoms. The van der Waals surface area contributed by atoms with Crippen LogP contribution in [0.2, 0.25) is 0 Å². The highest BCUT2D eigenvalue weighted by Crippen LogP contribution is 2.23. The molecule has 1 unspecified atom stereocenters. The molecule has 0 aliphatic rings. The van der Waals surface area contributed by atoms with Crippen LogP contribution in [0.1, 0.15) is 16.9 Å². The lowest BCUT2D eigenvalue weighted by molar-refractivity contribution is 0.540. The van der Waals surface area contributed by atoms with Crippen LogP contribution in [-0.2, 0) is 30.8 Å². The van der Waals surface area contributed by atoms with Crippen molar-refractivity contribution in [2.45, 2.75) is 25.9 Å². The summed E-state index contributed by atoms with van der Waals surface area (Å²) in [6.07, 6.45) is 2.35. The van der Waals surface area contributed by atoms with Crippen LogP contribution in [0, 0.1) is 6.08 Å². The summed E-state index contributed by atoms with van der Waals surface area (Å²) in [7, 11) is 0. The first kappa shape index (κ1) is 20.4. The molecule has 156 valence electrons. The maximum atomic E-state index is 14.0. The first-order chi connectivity index (χ1) is 14.6. The van der Waals surface area contributed by atoms with Gasteiger partial charge in [0.15, 0.2) is 17.0 Å². The summed E-state index contributed by atoms with van der Waals surface area (Å²) >= 11 is -0.844. The molecule has 0 radical (unpaired) electrons. The topological polar surface area (TPSA) is 108 Å². The highest BCUT2D eigenvalue weighted by molar-refractivity contribution is 7.80.